The fraction of sp³-hybridized carbons (Fsp3) is 0. The summed E-state index contributed by atoms with van der Waals surface area (Å²) in [5, 5.41) is 9.10. The van der Waals surface area contributed by atoms with Gasteiger partial charge >= 0.3 is 0 Å². The van der Waals surface area contributed by atoms with Gasteiger partial charge in [-0.05, 0) is 18.2 Å². The summed E-state index contributed by atoms with van der Waals surface area (Å²) < 4.78 is 0. The molecule has 0 aliphatic rings. The Hall–Kier alpha value is -1.42. The number of carbonyl (C=O) groups is 1. The number of hydrogen-bond acceptors (Lipinski definition) is 3. The third kappa shape index (κ3) is 1.60. The van der Waals surface area contributed by atoms with Crippen LogP contribution < -0.4 is 5.73 Å². The number of aldehydes is 1. The number of carbonyl (C=O) groups excluding carboxylic acids is 1. The number of hydrogen-bond donors (Lipinski definition) is 2. The molecule has 0 unspecified atom stereocenters. The van der Waals surface area contributed by atoms with E-state index in [1.54, 1.807) is 6.07 Å². The van der Waals surface area contributed by atoms with Crippen LogP contribution in [-0.4, -0.2) is 16.4 Å². The van der Waals surface area contributed by atoms with Gasteiger partial charge in [-0.25, -0.2) is 0 Å². The Labute approximate surface area is 74.8 Å². The van der Waals surface area contributed by atoms with E-state index in [1.807, 2.05) is 0 Å². The minimum atomic E-state index is -0.0648. The van der Waals surface area contributed by atoms with E-state index >= 15 is 0 Å². The lowest BCUT2D eigenvalue weighted by atomic mass is 10.1. The lowest BCUT2D eigenvalue weighted by Gasteiger charge is -2.00. The summed E-state index contributed by atoms with van der Waals surface area (Å²) in [5.74, 6) is -0.0648. The van der Waals surface area contributed by atoms with Crippen molar-refractivity contribution in [2.75, 3.05) is 0 Å². The maximum Gasteiger partial charge on any atom is 0.153 e. The van der Waals surface area contributed by atoms with Crippen molar-refractivity contribution in [1.82, 2.24) is 0 Å². The van der Waals surface area contributed by atoms with Crippen molar-refractivity contribution in [3.63, 3.8) is 0 Å². The number of nitrogens with two attached hydrogens (primary N) is 1. The molecule has 12 heavy (non-hydrogen) atoms. The van der Waals surface area contributed by atoms with Gasteiger partial charge in [0.25, 0.3) is 0 Å². The molecule has 0 heterocycles. The van der Waals surface area contributed by atoms with E-state index in [2.05, 4.69) is 0 Å². The Bertz CT molecular complexity index is 336. The van der Waals surface area contributed by atoms with Gasteiger partial charge < -0.3 is 10.8 Å². The highest BCUT2D eigenvalue weighted by Crippen LogP contribution is 2.15. The summed E-state index contributed by atoms with van der Waals surface area (Å²) in [7, 11) is 0. The molecule has 0 radical (unpaired) electrons. The predicted octanol–water partition coefficient (Wildman–Crippen LogP) is 0.839. The number of thiocarbonyl (C=S) groups is 1. The molecule has 1 rings (SSSR count). The standard InChI is InChI=1S/C8H7NO2S/c9-8(12)5-1-2-7(11)6(3-5)4-10/h1-4,11H,(H2,9,12). The van der Waals surface area contributed by atoms with Crippen LogP contribution in [0.4, 0.5) is 0 Å². The van der Waals surface area contributed by atoms with Crippen molar-refractivity contribution < 1.29 is 9.90 Å². The van der Waals surface area contributed by atoms with Gasteiger partial charge in [0.2, 0.25) is 0 Å². The van der Waals surface area contributed by atoms with Crippen LogP contribution in [-0.2, 0) is 0 Å². The lowest BCUT2D eigenvalue weighted by molar-refractivity contribution is 0.112. The summed E-state index contributed by atoms with van der Waals surface area (Å²) in [6, 6.07) is 4.40. The van der Waals surface area contributed by atoms with E-state index in [0.717, 1.165) is 0 Å². The van der Waals surface area contributed by atoms with Crippen LogP contribution in [0.1, 0.15) is 15.9 Å². The van der Waals surface area contributed by atoms with Crippen LogP contribution in [0.25, 0.3) is 0 Å². The molecule has 0 aliphatic carbocycles. The number of rotatable bonds is 2. The first kappa shape index (κ1) is 8.67. The highest BCUT2D eigenvalue weighted by Gasteiger charge is 2.02. The highest BCUT2D eigenvalue weighted by molar-refractivity contribution is 7.80. The number of benzene rings is 1. The second-order valence-electron chi connectivity index (χ2n) is 2.26. The summed E-state index contributed by atoms with van der Waals surface area (Å²) in [4.78, 5) is 10.6. The first-order chi connectivity index (χ1) is 5.65. The topological polar surface area (TPSA) is 63.3 Å². The normalized spacial score (nSPS) is 9.33. The van der Waals surface area contributed by atoms with Crippen LogP contribution in [0.5, 0.6) is 5.75 Å². The molecule has 0 aromatic heterocycles. The molecule has 0 aliphatic heterocycles. The van der Waals surface area contributed by atoms with Gasteiger partial charge in [-0.3, -0.25) is 4.79 Å². The molecule has 62 valence electrons. The monoisotopic (exact) mass is 181 g/mol. The van der Waals surface area contributed by atoms with Crippen LogP contribution >= 0.6 is 12.2 Å². The zero-order valence-corrected chi connectivity index (χ0v) is 6.97. The maximum absolute atomic E-state index is 10.4. The van der Waals surface area contributed by atoms with Crippen molar-refractivity contribution >= 4 is 23.5 Å². The molecule has 0 amide bonds. The van der Waals surface area contributed by atoms with Gasteiger partial charge in [0.1, 0.15) is 10.7 Å². The van der Waals surface area contributed by atoms with E-state index in [-0.39, 0.29) is 16.3 Å². The molecule has 0 saturated heterocycles. The number of aromatic hydroxyl groups is 1. The molecule has 3 N–H and O–H groups in total. The summed E-state index contributed by atoms with van der Waals surface area (Å²) in [6.07, 6.45) is 0.553. The highest BCUT2D eigenvalue weighted by atomic mass is 32.1. The summed E-state index contributed by atoms with van der Waals surface area (Å²) >= 11 is 4.69. The molecular formula is C8H7NO2S. The molecule has 0 atom stereocenters. The van der Waals surface area contributed by atoms with Crippen molar-refractivity contribution in [3.8, 4) is 5.75 Å². The van der Waals surface area contributed by atoms with E-state index in [0.29, 0.717) is 11.8 Å². The van der Waals surface area contributed by atoms with Crippen LogP contribution in [0.3, 0.4) is 0 Å². The average molecular weight is 181 g/mol. The van der Waals surface area contributed by atoms with Crippen LogP contribution in [0.2, 0.25) is 0 Å². The van der Waals surface area contributed by atoms with Gasteiger partial charge in [0.05, 0.1) is 5.56 Å². The lowest BCUT2D eigenvalue weighted by Crippen LogP contribution is -2.09. The van der Waals surface area contributed by atoms with Crippen molar-refractivity contribution in [2.45, 2.75) is 0 Å². The number of phenols is 1. The third-order valence-electron chi connectivity index (χ3n) is 1.44. The van der Waals surface area contributed by atoms with Crippen LogP contribution in [0, 0.1) is 0 Å². The summed E-state index contributed by atoms with van der Waals surface area (Å²) in [5.41, 5.74) is 6.09. The van der Waals surface area contributed by atoms with E-state index < -0.39 is 0 Å². The second-order valence-corrected chi connectivity index (χ2v) is 2.70. The third-order valence-corrected chi connectivity index (χ3v) is 1.67. The van der Waals surface area contributed by atoms with Crippen molar-refractivity contribution in [1.29, 1.82) is 0 Å². The first-order valence-electron chi connectivity index (χ1n) is 3.23. The molecule has 1 aromatic carbocycles. The Balaban J connectivity index is 3.22. The average Bonchev–Trinajstić information content (AvgIpc) is 2.05. The quantitative estimate of drug-likeness (QED) is 0.524. The van der Waals surface area contributed by atoms with Crippen molar-refractivity contribution in [3.05, 3.63) is 29.3 Å². The largest absolute Gasteiger partial charge is 0.507 e. The number of phenolic OH excluding ortho intramolecular Hbond substituents is 1. The van der Waals surface area contributed by atoms with E-state index in [4.69, 9.17) is 23.1 Å². The van der Waals surface area contributed by atoms with Gasteiger partial charge in [-0.2, -0.15) is 0 Å². The Morgan fingerprint density at radius 2 is 2.25 bits per heavy atom. The Kier molecular flexibility index (Phi) is 2.40. The predicted molar refractivity (Wildman–Crippen MR) is 49.4 cm³/mol. The second kappa shape index (κ2) is 3.32. The first-order valence-corrected chi connectivity index (χ1v) is 3.64. The molecule has 0 spiro atoms. The smallest absolute Gasteiger partial charge is 0.153 e. The molecule has 0 saturated carbocycles. The van der Waals surface area contributed by atoms with Crippen molar-refractivity contribution in [2.24, 2.45) is 5.73 Å². The van der Waals surface area contributed by atoms with Gasteiger partial charge in [0, 0.05) is 5.56 Å². The molecule has 4 heteroatoms. The minimum absolute atomic E-state index is 0.0648. The maximum atomic E-state index is 10.4. The van der Waals surface area contributed by atoms with Gasteiger partial charge in [-0.15, -0.1) is 0 Å². The fourth-order valence-electron chi connectivity index (χ4n) is 0.802. The molecule has 0 bridgehead atoms. The fourth-order valence-corrected chi connectivity index (χ4v) is 0.929. The van der Waals surface area contributed by atoms with Crippen LogP contribution in [0.15, 0.2) is 18.2 Å². The molecule has 0 fully saturated rings. The molecule has 3 nitrogen and oxygen atoms in total. The zero-order valence-electron chi connectivity index (χ0n) is 6.15. The van der Waals surface area contributed by atoms with E-state index in [9.17, 15) is 4.79 Å². The SMILES string of the molecule is NC(=S)c1ccc(O)c(C=O)c1. The Morgan fingerprint density at radius 1 is 1.58 bits per heavy atom. The molecular weight excluding hydrogens is 174 g/mol. The molecule has 1 aromatic rings. The zero-order chi connectivity index (χ0) is 9.14. The minimum Gasteiger partial charge on any atom is -0.507 e. The van der Waals surface area contributed by atoms with Gasteiger partial charge in [0.15, 0.2) is 6.29 Å². The van der Waals surface area contributed by atoms with E-state index in [1.165, 1.54) is 12.1 Å². The van der Waals surface area contributed by atoms with Gasteiger partial charge in [-0.1, -0.05) is 12.2 Å². The summed E-state index contributed by atoms with van der Waals surface area (Å²) in [6.45, 7) is 0. The Morgan fingerprint density at radius 3 is 2.75 bits per heavy atom.